The molecular weight excluding hydrogens is 363 g/mol. The molecular formula is C21H19BrP+. The van der Waals surface area contributed by atoms with E-state index in [0.717, 1.165) is 0 Å². The molecule has 1 fully saturated rings. The lowest BCUT2D eigenvalue weighted by Crippen LogP contribution is -2.34. The quantitative estimate of drug-likeness (QED) is 0.460. The fourth-order valence-electron chi connectivity index (χ4n) is 3.56. The van der Waals surface area contributed by atoms with Crippen LogP contribution in [0.5, 0.6) is 0 Å². The predicted octanol–water partition coefficient (Wildman–Crippen LogP) is 4.52. The third kappa shape index (κ3) is 2.57. The van der Waals surface area contributed by atoms with E-state index < -0.39 is 7.26 Å². The summed E-state index contributed by atoms with van der Waals surface area (Å²) in [6.07, 6.45) is 1.26. The van der Waals surface area contributed by atoms with Crippen LogP contribution in [0.4, 0.5) is 0 Å². The monoisotopic (exact) mass is 381 g/mol. The van der Waals surface area contributed by atoms with Gasteiger partial charge in [0.05, 0.1) is 10.5 Å². The Morgan fingerprint density at radius 2 is 0.913 bits per heavy atom. The first-order valence-corrected chi connectivity index (χ1v) is 10.8. The summed E-state index contributed by atoms with van der Waals surface area (Å²) in [6, 6.07) is 33.4. The molecule has 0 saturated heterocycles. The molecule has 23 heavy (non-hydrogen) atoms. The Labute approximate surface area is 147 Å². The average Bonchev–Trinajstić information content (AvgIpc) is 3.35. The maximum atomic E-state index is 3.90. The number of halogens is 1. The summed E-state index contributed by atoms with van der Waals surface area (Å²) in [4.78, 5) is 0.622. The normalized spacial score (nSPS) is 20.2. The summed E-state index contributed by atoms with van der Waals surface area (Å²) < 4.78 is 0. The topological polar surface area (TPSA) is 0 Å². The lowest BCUT2D eigenvalue weighted by atomic mass is 10.4. The van der Waals surface area contributed by atoms with Crippen LogP contribution in [0.2, 0.25) is 0 Å². The minimum atomic E-state index is -1.62. The predicted molar refractivity (Wildman–Crippen MR) is 106 cm³/mol. The highest BCUT2D eigenvalue weighted by Gasteiger charge is 2.62. The molecule has 0 amide bonds. The van der Waals surface area contributed by atoms with Crippen LogP contribution in [0.15, 0.2) is 91.0 Å². The maximum Gasteiger partial charge on any atom is 0.116 e. The standard InChI is InChI=1S/C21H19BrP/c22-20-16-21(20)23(17-10-4-1-5-11-17,18-12-6-2-7-13-18)19-14-8-3-9-15-19/h1-15,20-21H,16H2/q+1. The van der Waals surface area contributed by atoms with E-state index in [1.807, 2.05) is 0 Å². The highest BCUT2D eigenvalue weighted by molar-refractivity contribution is 9.09. The lowest BCUT2D eigenvalue weighted by Gasteiger charge is -2.27. The zero-order chi connectivity index (χ0) is 15.7. The molecule has 0 radical (unpaired) electrons. The van der Waals surface area contributed by atoms with Crippen molar-refractivity contribution in [2.75, 3.05) is 0 Å². The molecule has 114 valence electrons. The molecule has 0 spiro atoms. The van der Waals surface area contributed by atoms with Gasteiger partial charge in [-0.25, -0.2) is 0 Å². The van der Waals surface area contributed by atoms with Gasteiger partial charge in [0.1, 0.15) is 23.2 Å². The number of hydrogen-bond acceptors (Lipinski definition) is 0. The van der Waals surface area contributed by atoms with Gasteiger partial charge in [0, 0.05) is 6.42 Å². The van der Waals surface area contributed by atoms with E-state index in [2.05, 4.69) is 107 Å². The third-order valence-corrected chi connectivity index (χ3v) is 11.0. The highest BCUT2D eigenvalue weighted by Crippen LogP contribution is 2.69. The van der Waals surface area contributed by atoms with E-state index in [4.69, 9.17) is 0 Å². The second-order valence-corrected chi connectivity index (χ2v) is 10.9. The largest absolute Gasteiger partial charge is 0.116 e. The van der Waals surface area contributed by atoms with Crippen LogP contribution in [-0.4, -0.2) is 10.5 Å². The molecule has 2 atom stereocenters. The Morgan fingerprint density at radius 3 is 1.17 bits per heavy atom. The van der Waals surface area contributed by atoms with Gasteiger partial charge in [0.25, 0.3) is 0 Å². The van der Waals surface area contributed by atoms with Crippen LogP contribution < -0.4 is 15.9 Å². The van der Waals surface area contributed by atoms with Crippen molar-refractivity contribution in [2.45, 2.75) is 16.9 Å². The zero-order valence-corrected chi connectivity index (χ0v) is 15.3. The second kappa shape index (κ2) is 6.23. The van der Waals surface area contributed by atoms with Crippen molar-refractivity contribution < 1.29 is 0 Å². The Balaban J connectivity index is 2.03. The molecule has 0 aliphatic heterocycles. The molecule has 2 unspecified atom stereocenters. The fraction of sp³-hybridized carbons (Fsp3) is 0.143. The van der Waals surface area contributed by atoms with Gasteiger partial charge in [0.2, 0.25) is 0 Å². The van der Waals surface area contributed by atoms with E-state index in [9.17, 15) is 0 Å². The molecule has 3 aromatic carbocycles. The van der Waals surface area contributed by atoms with Crippen LogP contribution in [0.25, 0.3) is 0 Å². The summed E-state index contributed by atoms with van der Waals surface area (Å²) in [7, 11) is -1.62. The summed E-state index contributed by atoms with van der Waals surface area (Å²) in [5.41, 5.74) is 0.690. The first kappa shape index (κ1) is 15.1. The minimum Gasteiger partial charge on any atom is -0.0846 e. The number of hydrogen-bond donors (Lipinski definition) is 0. The van der Waals surface area contributed by atoms with Crippen molar-refractivity contribution >= 4 is 39.1 Å². The van der Waals surface area contributed by atoms with Crippen molar-refractivity contribution in [3.63, 3.8) is 0 Å². The Bertz CT molecular complexity index is 674. The Kier molecular flexibility index (Phi) is 4.09. The van der Waals surface area contributed by atoms with E-state index in [1.165, 1.54) is 22.3 Å². The van der Waals surface area contributed by atoms with Crippen molar-refractivity contribution in [1.82, 2.24) is 0 Å². The van der Waals surface area contributed by atoms with Crippen LogP contribution >= 0.6 is 23.2 Å². The number of alkyl halides is 1. The van der Waals surface area contributed by atoms with Gasteiger partial charge in [-0.3, -0.25) is 0 Å². The van der Waals surface area contributed by atoms with Crippen molar-refractivity contribution in [1.29, 1.82) is 0 Å². The van der Waals surface area contributed by atoms with Gasteiger partial charge in [-0.2, -0.15) is 0 Å². The smallest absolute Gasteiger partial charge is 0.0846 e. The first-order chi connectivity index (χ1) is 11.3. The van der Waals surface area contributed by atoms with E-state index in [0.29, 0.717) is 10.5 Å². The minimum absolute atomic E-state index is 0.622. The summed E-state index contributed by atoms with van der Waals surface area (Å²) in [5.74, 6) is 0. The van der Waals surface area contributed by atoms with Gasteiger partial charge >= 0.3 is 0 Å². The van der Waals surface area contributed by atoms with E-state index in [1.54, 1.807) is 0 Å². The van der Waals surface area contributed by atoms with Gasteiger partial charge in [-0.15, -0.1) is 0 Å². The molecule has 3 aromatic rings. The van der Waals surface area contributed by atoms with E-state index in [-0.39, 0.29) is 0 Å². The Morgan fingerprint density at radius 1 is 0.609 bits per heavy atom. The fourth-order valence-corrected chi connectivity index (χ4v) is 10.3. The molecule has 1 aliphatic carbocycles. The molecule has 0 nitrogen and oxygen atoms in total. The molecule has 4 rings (SSSR count). The number of rotatable bonds is 4. The van der Waals surface area contributed by atoms with Crippen LogP contribution in [-0.2, 0) is 0 Å². The van der Waals surface area contributed by atoms with E-state index >= 15 is 0 Å². The first-order valence-electron chi connectivity index (χ1n) is 8.03. The van der Waals surface area contributed by atoms with Gasteiger partial charge in [0.15, 0.2) is 0 Å². The molecule has 0 heterocycles. The average molecular weight is 382 g/mol. The third-order valence-electron chi connectivity index (χ3n) is 4.67. The molecule has 0 N–H and O–H groups in total. The highest BCUT2D eigenvalue weighted by atomic mass is 79.9. The van der Waals surface area contributed by atoms with Crippen molar-refractivity contribution in [3.05, 3.63) is 91.0 Å². The molecule has 0 bridgehead atoms. The van der Waals surface area contributed by atoms with Crippen molar-refractivity contribution in [3.8, 4) is 0 Å². The SMILES string of the molecule is BrC1CC1[P+](c1ccccc1)(c1ccccc1)c1ccccc1. The van der Waals surface area contributed by atoms with Gasteiger partial charge in [-0.05, 0) is 36.4 Å². The van der Waals surface area contributed by atoms with Crippen LogP contribution in [0.1, 0.15) is 6.42 Å². The van der Waals surface area contributed by atoms with Gasteiger partial charge < -0.3 is 0 Å². The zero-order valence-electron chi connectivity index (χ0n) is 12.8. The Hall–Kier alpha value is -1.43. The van der Waals surface area contributed by atoms with Crippen LogP contribution in [0, 0.1) is 0 Å². The molecule has 1 saturated carbocycles. The maximum absolute atomic E-state index is 3.90. The van der Waals surface area contributed by atoms with Crippen LogP contribution in [0.3, 0.4) is 0 Å². The summed E-state index contributed by atoms with van der Waals surface area (Å²) in [5, 5.41) is 4.47. The molecule has 0 aromatic heterocycles. The summed E-state index contributed by atoms with van der Waals surface area (Å²) >= 11 is 3.90. The van der Waals surface area contributed by atoms with Crippen molar-refractivity contribution in [2.24, 2.45) is 0 Å². The summed E-state index contributed by atoms with van der Waals surface area (Å²) in [6.45, 7) is 0. The molecule has 2 heteroatoms. The number of benzene rings is 3. The van der Waals surface area contributed by atoms with Gasteiger partial charge in [-0.1, -0.05) is 70.5 Å². The lowest BCUT2D eigenvalue weighted by molar-refractivity contribution is 1.47. The second-order valence-electron chi connectivity index (χ2n) is 6.05. The molecule has 1 aliphatic rings.